The molecule has 1 aliphatic rings. The molecule has 2 amide bonds. The van der Waals surface area contributed by atoms with Crippen molar-refractivity contribution in [2.24, 2.45) is 0 Å². The van der Waals surface area contributed by atoms with Crippen LogP contribution in [0, 0.1) is 0 Å². The second-order valence-electron chi connectivity index (χ2n) is 5.64. The van der Waals surface area contributed by atoms with E-state index in [1.54, 1.807) is 11.3 Å². The fourth-order valence-corrected chi connectivity index (χ4v) is 4.83. The van der Waals surface area contributed by atoms with Gasteiger partial charge in [-0.3, -0.25) is 4.40 Å². The Labute approximate surface area is 139 Å². The van der Waals surface area contributed by atoms with Gasteiger partial charge in [0.05, 0.1) is 12.2 Å². The first kappa shape index (κ1) is 15.7. The van der Waals surface area contributed by atoms with Crippen molar-refractivity contribution in [2.75, 3.05) is 12.8 Å². The van der Waals surface area contributed by atoms with Crippen molar-refractivity contribution in [2.45, 2.75) is 44.0 Å². The van der Waals surface area contributed by atoms with Crippen LogP contribution >= 0.6 is 23.1 Å². The van der Waals surface area contributed by atoms with Crippen LogP contribution in [-0.4, -0.2) is 44.4 Å². The van der Waals surface area contributed by atoms with Crippen molar-refractivity contribution in [3.8, 4) is 0 Å². The smallest absolute Gasteiger partial charge is 0.317 e. The molecule has 0 aliphatic heterocycles. The van der Waals surface area contributed by atoms with Crippen LogP contribution in [0.1, 0.15) is 31.9 Å². The molecule has 2 aromatic heterocycles. The lowest BCUT2D eigenvalue weighted by Crippen LogP contribution is -2.42. The maximum Gasteiger partial charge on any atom is 0.317 e. The summed E-state index contributed by atoms with van der Waals surface area (Å²) in [6.45, 7) is 2.68. The van der Waals surface area contributed by atoms with E-state index in [-0.39, 0.29) is 6.03 Å². The molecule has 2 atom stereocenters. The van der Waals surface area contributed by atoms with E-state index in [9.17, 15) is 4.79 Å². The predicted octanol–water partition coefficient (Wildman–Crippen LogP) is 3.21. The van der Waals surface area contributed by atoms with Gasteiger partial charge >= 0.3 is 6.03 Å². The highest BCUT2D eigenvalue weighted by molar-refractivity contribution is 7.99. The molecule has 2 aromatic rings. The zero-order valence-corrected chi connectivity index (χ0v) is 14.6. The summed E-state index contributed by atoms with van der Waals surface area (Å²) in [7, 11) is 1.91. The van der Waals surface area contributed by atoms with Gasteiger partial charge in [0.15, 0.2) is 4.96 Å². The third-order valence-corrected chi connectivity index (χ3v) is 6.19. The number of thiazole rings is 1. The van der Waals surface area contributed by atoms with E-state index in [2.05, 4.69) is 17.2 Å². The van der Waals surface area contributed by atoms with Crippen molar-refractivity contribution in [3.05, 3.63) is 23.5 Å². The van der Waals surface area contributed by atoms with Crippen LogP contribution in [0.4, 0.5) is 4.79 Å². The summed E-state index contributed by atoms with van der Waals surface area (Å²) in [6, 6.07) is 0.373. The highest BCUT2D eigenvalue weighted by Crippen LogP contribution is 2.32. The Balaban J connectivity index is 1.50. The highest BCUT2D eigenvalue weighted by Gasteiger charge is 2.29. The van der Waals surface area contributed by atoms with E-state index in [0.29, 0.717) is 17.8 Å². The summed E-state index contributed by atoms with van der Waals surface area (Å²) in [5.74, 6) is 1.16. The number of nitrogens with one attached hydrogen (secondary N) is 1. The van der Waals surface area contributed by atoms with Gasteiger partial charge in [0, 0.05) is 36.1 Å². The standard InChI is InChI=1S/C15H22N4OS2/c1-3-21-13-5-4-12(8-13)18(2)14(20)16-9-11-10-19-6-7-22-15(19)17-11/h6-7,10,12-13H,3-5,8-9H2,1-2H3,(H,16,20)/t12-,13-/m0/s1. The summed E-state index contributed by atoms with van der Waals surface area (Å²) in [5.41, 5.74) is 0.902. The summed E-state index contributed by atoms with van der Waals surface area (Å²) >= 11 is 3.62. The van der Waals surface area contributed by atoms with Crippen molar-refractivity contribution in [1.29, 1.82) is 0 Å². The van der Waals surface area contributed by atoms with Gasteiger partial charge in [-0.2, -0.15) is 11.8 Å². The van der Waals surface area contributed by atoms with E-state index in [0.717, 1.165) is 29.2 Å². The van der Waals surface area contributed by atoms with Gasteiger partial charge < -0.3 is 10.2 Å². The molecule has 22 heavy (non-hydrogen) atoms. The maximum absolute atomic E-state index is 12.3. The SMILES string of the molecule is CCS[C@H]1CC[C@H](N(C)C(=O)NCc2cn3ccsc3n2)C1. The Bertz CT molecular complexity index is 610. The molecule has 0 unspecified atom stereocenters. The van der Waals surface area contributed by atoms with Crippen molar-refractivity contribution < 1.29 is 4.79 Å². The molecule has 0 bridgehead atoms. The second-order valence-corrected chi connectivity index (χ2v) is 8.09. The fourth-order valence-electron chi connectivity index (χ4n) is 2.97. The zero-order chi connectivity index (χ0) is 15.5. The normalized spacial score (nSPS) is 21.4. The monoisotopic (exact) mass is 338 g/mol. The largest absolute Gasteiger partial charge is 0.332 e. The van der Waals surface area contributed by atoms with E-state index in [1.807, 2.05) is 45.9 Å². The zero-order valence-electron chi connectivity index (χ0n) is 13.0. The van der Waals surface area contributed by atoms with E-state index < -0.39 is 0 Å². The topological polar surface area (TPSA) is 49.6 Å². The number of thioether (sulfide) groups is 1. The number of amides is 2. The number of hydrogen-bond acceptors (Lipinski definition) is 4. The first-order valence-electron chi connectivity index (χ1n) is 7.70. The summed E-state index contributed by atoms with van der Waals surface area (Å²) in [5, 5.41) is 5.70. The molecule has 0 spiro atoms. The summed E-state index contributed by atoms with van der Waals surface area (Å²) in [6.07, 6.45) is 7.40. The summed E-state index contributed by atoms with van der Waals surface area (Å²) in [4.78, 5) is 19.6. The minimum Gasteiger partial charge on any atom is -0.332 e. The van der Waals surface area contributed by atoms with Crippen molar-refractivity contribution >= 4 is 34.1 Å². The molecule has 1 saturated carbocycles. The lowest BCUT2D eigenvalue weighted by Gasteiger charge is -2.24. The van der Waals surface area contributed by atoms with Crippen LogP contribution < -0.4 is 5.32 Å². The third kappa shape index (κ3) is 3.41. The molecule has 2 heterocycles. The first-order chi connectivity index (χ1) is 10.7. The van der Waals surface area contributed by atoms with Gasteiger partial charge in [-0.25, -0.2) is 9.78 Å². The van der Waals surface area contributed by atoms with Gasteiger partial charge in [-0.05, 0) is 25.0 Å². The number of carbonyl (C=O) groups is 1. The molecular formula is C15H22N4OS2. The number of urea groups is 1. The number of carbonyl (C=O) groups excluding carboxylic acids is 1. The third-order valence-electron chi connectivity index (χ3n) is 4.19. The molecule has 3 rings (SSSR count). The maximum atomic E-state index is 12.3. The van der Waals surface area contributed by atoms with E-state index in [1.165, 1.54) is 6.42 Å². The number of fused-ring (bicyclic) bond motifs is 1. The lowest BCUT2D eigenvalue weighted by molar-refractivity contribution is 0.190. The molecular weight excluding hydrogens is 316 g/mol. The molecule has 0 saturated heterocycles. The van der Waals surface area contributed by atoms with E-state index >= 15 is 0 Å². The van der Waals surface area contributed by atoms with Crippen molar-refractivity contribution in [3.63, 3.8) is 0 Å². The van der Waals surface area contributed by atoms with Crippen LogP contribution in [0.3, 0.4) is 0 Å². The minimum absolute atomic E-state index is 0.00324. The first-order valence-corrected chi connectivity index (χ1v) is 9.63. The van der Waals surface area contributed by atoms with Crippen LogP contribution in [0.2, 0.25) is 0 Å². The summed E-state index contributed by atoms with van der Waals surface area (Å²) < 4.78 is 1.99. The molecule has 0 radical (unpaired) electrons. The molecule has 5 nitrogen and oxygen atoms in total. The van der Waals surface area contributed by atoms with E-state index in [4.69, 9.17) is 0 Å². The van der Waals surface area contributed by atoms with Crippen LogP contribution in [0.15, 0.2) is 17.8 Å². The molecule has 120 valence electrons. The average molecular weight is 339 g/mol. The highest BCUT2D eigenvalue weighted by atomic mass is 32.2. The van der Waals surface area contributed by atoms with Gasteiger partial charge in [0.1, 0.15) is 0 Å². The van der Waals surface area contributed by atoms with Gasteiger partial charge in [-0.15, -0.1) is 11.3 Å². The van der Waals surface area contributed by atoms with Crippen molar-refractivity contribution in [1.82, 2.24) is 19.6 Å². The lowest BCUT2D eigenvalue weighted by atomic mass is 10.2. The Hall–Kier alpha value is -1.21. The van der Waals surface area contributed by atoms with Crippen LogP contribution in [0.25, 0.3) is 4.96 Å². The molecule has 1 fully saturated rings. The molecule has 1 aliphatic carbocycles. The predicted molar refractivity (Wildman–Crippen MR) is 92.6 cm³/mol. The van der Waals surface area contributed by atoms with Gasteiger partial charge in [0.2, 0.25) is 0 Å². The van der Waals surface area contributed by atoms with Gasteiger partial charge in [-0.1, -0.05) is 6.92 Å². The molecule has 0 aromatic carbocycles. The number of hydrogen-bond donors (Lipinski definition) is 1. The number of rotatable bonds is 5. The fraction of sp³-hybridized carbons (Fsp3) is 0.600. The second kappa shape index (κ2) is 6.91. The Morgan fingerprint density at radius 1 is 1.59 bits per heavy atom. The molecule has 1 N–H and O–H groups in total. The average Bonchev–Trinajstić information content (AvgIpc) is 3.19. The minimum atomic E-state index is 0.00324. The molecule has 7 heteroatoms. The number of imidazole rings is 1. The Morgan fingerprint density at radius 3 is 3.23 bits per heavy atom. The Morgan fingerprint density at radius 2 is 2.45 bits per heavy atom. The number of nitrogens with zero attached hydrogens (tertiary/aromatic N) is 3. The van der Waals surface area contributed by atoms with Crippen LogP contribution in [0.5, 0.6) is 0 Å². The Kier molecular flexibility index (Phi) is 4.93. The number of aromatic nitrogens is 2. The quantitative estimate of drug-likeness (QED) is 0.911. The van der Waals surface area contributed by atoms with Gasteiger partial charge in [0.25, 0.3) is 0 Å². The van der Waals surface area contributed by atoms with Crippen LogP contribution in [-0.2, 0) is 6.54 Å².